The number of hydrogen-bond donors (Lipinski definition) is 0. The fourth-order valence-corrected chi connectivity index (χ4v) is 3.34. The van der Waals surface area contributed by atoms with Crippen LogP contribution >= 0.6 is 0 Å². The lowest BCUT2D eigenvalue weighted by Crippen LogP contribution is -2.52. The van der Waals surface area contributed by atoms with Crippen LogP contribution in [-0.2, 0) is 33.3 Å². The van der Waals surface area contributed by atoms with Crippen molar-refractivity contribution in [2.45, 2.75) is 78.6 Å². The molecule has 7 heteroatoms. The van der Waals surface area contributed by atoms with Gasteiger partial charge in [0.2, 0.25) is 0 Å². The molecule has 1 fully saturated rings. The molecule has 0 radical (unpaired) electrons. The second-order valence-corrected chi connectivity index (χ2v) is 7.00. The first-order chi connectivity index (χ1) is 12.2. The number of rotatable bonds is 9. The minimum atomic E-state index is -0.356. The quantitative estimate of drug-likeness (QED) is 0.349. The number of ether oxygens (including phenoxy) is 4. The van der Waals surface area contributed by atoms with Gasteiger partial charge in [-0.1, -0.05) is 20.3 Å². The molecule has 0 saturated carbocycles. The van der Waals surface area contributed by atoms with E-state index in [1.165, 1.54) is 20.8 Å². The highest BCUT2D eigenvalue weighted by Gasteiger charge is 2.43. The van der Waals surface area contributed by atoms with Crippen molar-refractivity contribution in [1.82, 2.24) is 0 Å². The molecular weight excluding hydrogens is 340 g/mol. The Morgan fingerprint density at radius 2 is 1.42 bits per heavy atom. The van der Waals surface area contributed by atoms with E-state index in [0.717, 1.165) is 25.7 Å². The van der Waals surface area contributed by atoms with Gasteiger partial charge in [0.05, 0.1) is 18.8 Å². The lowest BCUT2D eigenvalue weighted by molar-refractivity contribution is -0.201. The molecule has 5 atom stereocenters. The molecule has 2 unspecified atom stereocenters. The maximum atomic E-state index is 11.5. The van der Waals surface area contributed by atoms with Gasteiger partial charge in [-0.05, 0) is 19.3 Å². The van der Waals surface area contributed by atoms with Crippen LogP contribution in [0.4, 0.5) is 0 Å². The molecule has 0 aromatic heterocycles. The van der Waals surface area contributed by atoms with E-state index in [9.17, 15) is 14.4 Å². The normalized spacial score (nSPS) is 28.3. The van der Waals surface area contributed by atoms with E-state index in [0.29, 0.717) is 6.61 Å². The summed E-state index contributed by atoms with van der Waals surface area (Å²) in [5.41, 5.74) is 0. The Morgan fingerprint density at radius 3 is 2.00 bits per heavy atom. The molecule has 0 aliphatic carbocycles. The Labute approximate surface area is 155 Å². The van der Waals surface area contributed by atoms with Gasteiger partial charge in [-0.25, -0.2) is 0 Å². The van der Waals surface area contributed by atoms with Gasteiger partial charge in [0.25, 0.3) is 0 Å². The second kappa shape index (κ2) is 11.2. The van der Waals surface area contributed by atoms with Gasteiger partial charge < -0.3 is 18.9 Å². The van der Waals surface area contributed by atoms with Crippen LogP contribution in [0.1, 0.15) is 60.3 Å². The third-order valence-electron chi connectivity index (χ3n) is 4.75. The first-order valence-electron chi connectivity index (χ1n) is 9.31. The van der Waals surface area contributed by atoms with Crippen LogP contribution in [0.15, 0.2) is 0 Å². The van der Waals surface area contributed by atoms with Crippen LogP contribution in [0.5, 0.6) is 0 Å². The van der Waals surface area contributed by atoms with E-state index in [4.69, 9.17) is 18.9 Å². The molecule has 7 nitrogen and oxygen atoms in total. The van der Waals surface area contributed by atoms with Gasteiger partial charge in [-0.2, -0.15) is 0 Å². The highest BCUT2D eigenvalue weighted by atomic mass is 16.6. The molecule has 0 bridgehead atoms. The standard InChI is InChI=1S/C19H32O7/c1-12-17(9-7-6-8-10-23-14(3)20)26-18(11-24-15(4)21)13(2)19(12)25-16(5)22/h12-13,17-19H,6-11H2,1-5H3/t12?,13-,17+,18?,19-/m1/s1. The zero-order valence-corrected chi connectivity index (χ0v) is 16.5. The molecule has 1 aliphatic rings. The Hall–Kier alpha value is -1.63. The van der Waals surface area contributed by atoms with Crippen LogP contribution in [-0.4, -0.2) is 49.4 Å². The van der Waals surface area contributed by atoms with Crippen LogP contribution < -0.4 is 0 Å². The second-order valence-electron chi connectivity index (χ2n) is 7.00. The van der Waals surface area contributed by atoms with Crippen LogP contribution in [0.2, 0.25) is 0 Å². The molecule has 0 N–H and O–H groups in total. The molecule has 26 heavy (non-hydrogen) atoms. The van der Waals surface area contributed by atoms with E-state index in [1.54, 1.807) is 0 Å². The predicted molar refractivity (Wildman–Crippen MR) is 94.3 cm³/mol. The number of unbranched alkanes of at least 4 members (excludes halogenated alkanes) is 2. The SMILES string of the molecule is CC(=O)OCCCCC[C@@H]1OC(COC(C)=O)[C@@H](C)[C@H](OC(C)=O)C1C. The van der Waals surface area contributed by atoms with Crippen molar-refractivity contribution in [3.8, 4) is 0 Å². The maximum Gasteiger partial charge on any atom is 0.302 e. The summed E-state index contributed by atoms with van der Waals surface area (Å²) < 4.78 is 21.7. The van der Waals surface area contributed by atoms with Gasteiger partial charge >= 0.3 is 17.9 Å². The van der Waals surface area contributed by atoms with E-state index in [-0.39, 0.29) is 54.7 Å². The van der Waals surface area contributed by atoms with Crippen molar-refractivity contribution in [2.24, 2.45) is 11.8 Å². The van der Waals surface area contributed by atoms with E-state index in [2.05, 4.69) is 0 Å². The summed E-state index contributed by atoms with van der Waals surface area (Å²) in [7, 11) is 0. The van der Waals surface area contributed by atoms with Crippen molar-refractivity contribution < 1.29 is 33.3 Å². The highest BCUT2D eigenvalue weighted by molar-refractivity contribution is 5.66. The minimum Gasteiger partial charge on any atom is -0.466 e. The summed E-state index contributed by atoms with van der Waals surface area (Å²) in [6, 6.07) is 0. The summed E-state index contributed by atoms with van der Waals surface area (Å²) in [5, 5.41) is 0. The summed E-state index contributed by atoms with van der Waals surface area (Å²) in [6.45, 7) is 8.73. The largest absolute Gasteiger partial charge is 0.466 e. The lowest BCUT2D eigenvalue weighted by atomic mass is 9.81. The lowest BCUT2D eigenvalue weighted by Gasteiger charge is -2.44. The van der Waals surface area contributed by atoms with E-state index < -0.39 is 0 Å². The molecule has 0 spiro atoms. The smallest absolute Gasteiger partial charge is 0.302 e. The van der Waals surface area contributed by atoms with Gasteiger partial charge in [0.15, 0.2) is 0 Å². The van der Waals surface area contributed by atoms with Gasteiger partial charge in [0, 0.05) is 32.6 Å². The first kappa shape index (κ1) is 22.4. The zero-order chi connectivity index (χ0) is 19.7. The van der Waals surface area contributed by atoms with Crippen LogP contribution in [0.3, 0.4) is 0 Å². The topological polar surface area (TPSA) is 88.1 Å². The van der Waals surface area contributed by atoms with Gasteiger partial charge in [-0.3, -0.25) is 14.4 Å². The fraction of sp³-hybridized carbons (Fsp3) is 0.842. The summed E-state index contributed by atoms with van der Waals surface area (Å²) in [4.78, 5) is 33.3. The van der Waals surface area contributed by atoms with Crippen molar-refractivity contribution >= 4 is 17.9 Å². The average molecular weight is 372 g/mol. The predicted octanol–water partition coefficient (Wildman–Crippen LogP) is 2.64. The molecule has 1 aliphatic heterocycles. The molecule has 150 valence electrons. The fourth-order valence-electron chi connectivity index (χ4n) is 3.34. The van der Waals surface area contributed by atoms with Gasteiger partial charge in [0.1, 0.15) is 12.7 Å². The molecule has 0 aromatic rings. The summed E-state index contributed by atoms with van der Waals surface area (Å²) in [5.74, 6) is -0.947. The van der Waals surface area contributed by atoms with Crippen LogP contribution in [0, 0.1) is 11.8 Å². The number of carbonyl (C=O) groups excluding carboxylic acids is 3. The summed E-state index contributed by atoms with van der Waals surface area (Å²) >= 11 is 0. The number of carbonyl (C=O) groups is 3. The molecular formula is C19H32O7. The Bertz CT molecular complexity index is 477. The third-order valence-corrected chi connectivity index (χ3v) is 4.75. The molecule has 0 amide bonds. The van der Waals surface area contributed by atoms with Crippen molar-refractivity contribution in [1.29, 1.82) is 0 Å². The van der Waals surface area contributed by atoms with Crippen LogP contribution in [0.25, 0.3) is 0 Å². The number of esters is 3. The summed E-state index contributed by atoms with van der Waals surface area (Å²) in [6.07, 6.45) is 2.80. The van der Waals surface area contributed by atoms with Crippen molar-refractivity contribution in [3.63, 3.8) is 0 Å². The average Bonchev–Trinajstić information content (AvgIpc) is 2.54. The molecule has 0 aromatic carbocycles. The molecule has 1 rings (SSSR count). The Balaban J connectivity index is 2.59. The monoisotopic (exact) mass is 372 g/mol. The van der Waals surface area contributed by atoms with Gasteiger partial charge in [-0.15, -0.1) is 0 Å². The molecule has 1 heterocycles. The Kier molecular flexibility index (Phi) is 9.62. The third kappa shape index (κ3) is 7.72. The molecule has 1 saturated heterocycles. The minimum absolute atomic E-state index is 0.0518. The van der Waals surface area contributed by atoms with E-state index in [1.807, 2.05) is 13.8 Å². The van der Waals surface area contributed by atoms with Crippen molar-refractivity contribution in [2.75, 3.05) is 13.2 Å². The number of hydrogen-bond acceptors (Lipinski definition) is 7. The Morgan fingerprint density at radius 1 is 0.808 bits per heavy atom. The highest BCUT2D eigenvalue weighted by Crippen LogP contribution is 2.35. The van der Waals surface area contributed by atoms with E-state index >= 15 is 0 Å². The van der Waals surface area contributed by atoms with Crippen molar-refractivity contribution in [3.05, 3.63) is 0 Å². The first-order valence-corrected chi connectivity index (χ1v) is 9.31. The zero-order valence-electron chi connectivity index (χ0n) is 16.5. The maximum absolute atomic E-state index is 11.5.